The molecule has 0 aliphatic carbocycles. The van der Waals surface area contributed by atoms with Crippen molar-refractivity contribution in [2.45, 2.75) is 52.6 Å². The third-order valence-corrected chi connectivity index (χ3v) is 5.74. The van der Waals surface area contributed by atoms with Gasteiger partial charge in [-0.2, -0.15) is 0 Å². The third-order valence-electron chi connectivity index (χ3n) is 5.74. The minimum Gasteiger partial charge on any atom is -0.481 e. The van der Waals surface area contributed by atoms with Crippen LogP contribution in [0.5, 0.6) is 0 Å². The number of rotatable bonds is 36. The summed E-state index contributed by atoms with van der Waals surface area (Å²) >= 11 is 0. The zero-order valence-corrected chi connectivity index (χ0v) is 28.3. The van der Waals surface area contributed by atoms with Gasteiger partial charge in [0.2, 0.25) is 0 Å². The van der Waals surface area contributed by atoms with Crippen molar-refractivity contribution in [3.63, 3.8) is 0 Å². The summed E-state index contributed by atoms with van der Waals surface area (Å²) in [6.45, 7) is 14.9. The van der Waals surface area contributed by atoms with E-state index in [0.717, 1.165) is 0 Å². The number of esters is 1. The average Bonchev–Trinajstić information content (AvgIpc) is 3.01. The minimum atomic E-state index is -0.881. The molecule has 0 aromatic carbocycles. The lowest BCUT2D eigenvalue weighted by Crippen LogP contribution is -2.46. The standard InChI is InChI=1S/C31H59NO14/c1-26(2)31(36)28(32-27(3)4)25-46-30(35)6-8-38-10-12-40-14-16-42-18-20-44-22-24-45-23-21-43-19-17-41-15-13-39-11-9-37-7-5-29(33)34/h26-28,32H,5-25H2,1-4H3,(H,33,34)/t28-/m0/s1. The Hall–Kier alpha value is -1.79. The zero-order chi connectivity index (χ0) is 34.1. The molecule has 0 rings (SSSR count). The van der Waals surface area contributed by atoms with Gasteiger partial charge < -0.3 is 57.8 Å². The average molecular weight is 670 g/mol. The van der Waals surface area contributed by atoms with Gasteiger partial charge in [0.25, 0.3) is 0 Å². The van der Waals surface area contributed by atoms with Crippen LogP contribution in [-0.2, 0) is 61.8 Å². The second-order valence-corrected chi connectivity index (χ2v) is 10.5. The number of ketones is 1. The smallest absolute Gasteiger partial charge is 0.308 e. The molecule has 0 bridgehead atoms. The van der Waals surface area contributed by atoms with Gasteiger partial charge in [-0.25, -0.2) is 0 Å². The van der Waals surface area contributed by atoms with E-state index < -0.39 is 18.0 Å². The highest BCUT2D eigenvalue weighted by Crippen LogP contribution is 2.03. The van der Waals surface area contributed by atoms with Gasteiger partial charge in [0.1, 0.15) is 12.6 Å². The molecule has 0 unspecified atom stereocenters. The van der Waals surface area contributed by atoms with E-state index in [2.05, 4.69) is 5.32 Å². The van der Waals surface area contributed by atoms with Gasteiger partial charge >= 0.3 is 11.9 Å². The number of carboxylic acid groups (broad SMARTS) is 1. The van der Waals surface area contributed by atoms with Gasteiger partial charge in [-0.05, 0) is 0 Å². The molecule has 0 saturated carbocycles. The van der Waals surface area contributed by atoms with Crippen molar-refractivity contribution in [2.75, 3.05) is 126 Å². The molecule has 0 aliphatic rings. The van der Waals surface area contributed by atoms with Gasteiger partial charge in [-0.15, -0.1) is 0 Å². The maximum atomic E-state index is 12.3. The largest absolute Gasteiger partial charge is 0.481 e. The van der Waals surface area contributed by atoms with E-state index in [1.165, 1.54) is 0 Å². The number of hydrogen-bond donors (Lipinski definition) is 2. The molecule has 2 N–H and O–H groups in total. The highest BCUT2D eigenvalue weighted by molar-refractivity contribution is 5.86. The van der Waals surface area contributed by atoms with E-state index in [0.29, 0.717) is 106 Å². The Bertz CT molecular complexity index is 725. The van der Waals surface area contributed by atoms with Crippen molar-refractivity contribution in [1.82, 2.24) is 5.32 Å². The van der Waals surface area contributed by atoms with E-state index in [4.69, 9.17) is 52.5 Å². The van der Waals surface area contributed by atoms with Gasteiger partial charge in [-0.3, -0.25) is 14.4 Å². The number of nitrogens with one attached hydrogen (secondary N) is 1. The molecule has 46 heavy (non-hydrogen) atoms. The van der Waals surface area contributed by atoms with Gasteiger partial charge in [0, 0.05) is 12.0 Å². The SMILES string of the molecule is CC(C)N[C@@H](COC(=O)CCOCCOCCOCCOCCOCCOCCOCCOCCOCCC(=O)O)C(=O)C(C)C. The summed E-state index contributed by atoms with van der Waals surface area (Å²) in [5.74, 6) is -1.41. The molecule has 15 heteroatoms. The molecule has 0 heterocycles. The zero-order valence-electron chi connectivity index (χ0n) is 28.3. The van der Waals surface area contributed by atoms with Gasteiger partial charge in [0.15, 0.2) is 5.78 Å². The fourth-order valence-electron chi connectivity index (χ4n) is 3.44. The molecule has 0 saturated heterocycles. The van der Waals surface area contributed by atoms with E-state index in [1.54, 1.807) is 0 Å². The van der Waals surface area contributed by atoms with Crippen molar-refractivity contribution in [2.24, 2.45) is 5.92 Å². The molecule has 1 atom stereocenters. The predicted molar refractivity (Wildman–Crippen MR) is 167 cm³/mol. The van der Waals surface area contributed by atoms with Crippen LogP contribution < -0.4 is 5.32 Å². The quantitative estimate of drug-likeness (QED) is 0.0717. The molecule has 0 aromatic rings. The van der Waals surface area contributed by atoms with Crippen LogP contribution in [-0.4, -0.2) is 160 Å². The topological polar surface area (TPSA) is 176 Å². The van der Waals surface area contributed by atoms with Gasteiger partial charge in [0.05, 0.1) is 132 Å². The molecule has 0 amide bonds. The second kappa shape index (κ2) is 33.1. The summed E-state index contributed by atoms with van der Waals surface area (Å²) in [5, 5.41) is 11.6. The maximum absolute atomic E-state index is 12.3. The normalized spacial score (nSPS) is 12.2. The maximum Gasteiger partial charge on any atom is 0.308 e. The van der Waals surface area contributed by atoms with Crippen LogP contribution in [0.2, 0.25) is 0 Å². The van der Waals surface area contributed by atoms with Crippen molar-refractivity contribution in [3.05, 3.63) is 0 Å². The summed E-state index contributed by atoms with van der Waals surface area (Å²) < 4.78 is 53.7. The first-order chi connectivity index (χ1) is 22.2. The molecule has 0 aliphatic heterocycles. The fourth-order valence-corrected chi connectivity index (χ4v) is 3.44. The summed E-state index contributed by atoms with van der Waals surface area (Å²) in [4.78, 5) is 34.5. The molecular formula is C31H59NO14. The Kier molecular flexibility index (Phi) is 31.8. The second-order valence-electron chi connectivity index (χ2n) is 10.5. The Morgan fingerprint density at radius 2 is 0.804 bits per heavy atom. The van der Waals surface area contributed by atoms with Gasteiger partial charge in [-0.1, -0.05) is 27.7 Å². The Balaban J connectivity index is 3.30. The minimum absolute atomic E-state index is 0.00956. The molecule has 0 spiro atoms. The first kappa shape index (κ1) is 44.2. The molecule has 0 fully saturated rings. The number of carboxylic acids is 1. The third kappa shape index (κ3) is 32.2. The number of Topliss-reactive ketones (excluding diaryl/α,β-unsaturated/α-hetero) is 1. The van der Waals surface area contributed by atoms with E-state index >= 15 is 0 Å². The molecule has 272 valence electrons. The number of hydrogen-bond acceptors (Lipinski definition) is 14. The highest BCUT2D eigenvalue weighted by Gasteiger charge is 2.23. The lowest BCUT2D eigenvalue weighted by atomic mass is 10.0. The van der Waals surface area contributed by atoms with Crippen LogP contribution in [0.15, 0.2) is 0 Å². The van der Waals surface area contributed by atoms with Crippen LogP contribution in [0.3, 0.4) is 0 Å². The Labute approximate surface area is 274 Å². The molecule has 15 nitrogen and oxygen atoms in total. The monoisotopic (exact) mass is 669 g/mol. The van der Waals surface area contributed by atoms with Crippen molar-refractivity contribution >= 4 is 17.7 Å². The van der Waals surface area contributed by atoms with Crippen molar-refractivity contribution in [1.29, 1.82) is 0 Å². The van der Waals surface area contributed by atoms with Crippen LogP contribution in [0.25, 0.3) is 0 Å². The Morgan fingerprint density at radius 1 is 0.500 bits per heavy atom. The summed E-state index contributed by atoms with van der Waals surface area (Å²) in [6.07, 6.45) is 0.100. The number of ether oxygens (including phenoxy) is 10. The summed E-state index contributed by atoms with van der Waals surface area (Å²) in [5.41, 5.74) is 0. The lowest BCUT2D eigenvalue weighted by molar-refractivity contribution is -0.147. The molecular weight excluding hydrogens is 610 g/mol. The Morgan fingerprint density at radius 3 is 1.09 bits per heavy atom. The van der Waals surface area contributed by atoms with Crippen LogP contribution in [0.1, 0.15) is 40.5 Å². The summed E-state index contributed by atoms with van der Waals surface area (Å²) in [7, 11) is 0. The molecule has 0 aromatic heterocycles. The van der Waals surface area contributed by atoms with Crippen molar-refractivity contribution in [3.8, 4) is 0 Å². The van der Waals surface area contributed by atoms with E-state index in [1.807, 2.05) is 27.7 Å². The van der Waals surface area contributed by atoms with E-state index in [-0.39, 0.29) is 50.4 Å². The van der Waals surface area contributed by atoms with Crippen LogP contribution in [0, 0.1) is 5.92 Å². The van der Waals surface area contributed by atoms with Crippen LogP contribution in [0.4, 0.5) is 0 Å². The van der Waals surface area contributed by atoms with Crippen LogP contribution >= 0.6 is 0 Å². The highest BCUT2D eigenvalue weighted by atomic mass is 16.6. The predicted octanol–water partition coefficient (Wildman–Crippen LogP) is 1.14. The number of carbonyl (C=O) groups excluding carboxylic acids is 2. The van der Waals surface area contributed by atoms with Crippen molar-refractivity contribution < 1.29 is 66.9 Å². The number of carbonyl (C=O) groups is 3. The summed E-state index contributed by atoms with van der Waals surface area (Å²) in [6, 6.07) is -0.402. The fraction of sp³-hybridized carbons (Fsp3) is 0.903. The number of aliphatic carboxylic acids is 1. The lowest BCUT2D eigenvalue weighted by Gasteiger charge is -2.21. The molecule has 0 radical (unpaired) electrons. The first-order valence-corrected chi connectivity index (χ1v) is 16.1. The first-order valence-electron chi connectivity index (χ1n) is 16.1. The van der Waals surface area contributed by atoms with E-state index in [9.17, 15) is 14.4 Å².